The van der Waals surface area contributed by atoms with E-state index in [0.717, 1.165) is 0 Å². The Balaban J connectivity index is 3.15. The van der Waals surface area contributed by atoms with E-state index in [1.165, 1.54) is 11.6 Å². The lowest BCUT2D eigenvalue weighted by atomic mass is 10.7. The number of hydrogen-bond donors (Lipinski definition) is 0. The van der Waals surface area contributed by atoms with Gasteiger partial charge in [0.2, 0.25) is 0 Å². The molecule has 0 aromatic carbocycles. The molecule has 0 N–H and O–H groups in total. The quantitative estimate of drug-likeness (QED) is 0.618. The summed E-state index contributed by atoms with van der Waals surface area (Å²) < 4.78 is 4.89. The second kappa shape index (κ2) is 6.69. The van der Waals surface area contributed by atoms with Gasteiger partial charge in [0.25, 0.3) is 0 Å². The zero-order valence-electron chi connectivity index (χ0n) is 4.69. The number of ether oxygens (including phenoxy) is 1. The first-order chi connectivity index (χ1) is 4.31. The van der Waals surface area contributed by atoms with Crippen molar-refractivity contribution in [1.82, 2.24) is 0 Å². The molecule has 0 rings (SSSR count). The lowest BCUT2D eigenvalue weighted by Gasteiger charge is -2.02. The first-order valence-corrected chi connectivity index (χ1v) is 3.80. The van der Waals surface area contributed by atoms with Gasteiger partial charge in [0.05, 0.1) is 6.61 Å². The average molecular weight is 189 g/mol. The SMILES string of the molecule is Cl/C=C/C(Cl)OCCCl. The van der Waals surface area contributed by atoms with Gasteiger partial charge in [0, 0.05) is 11.4 Å². The summed E-state index contributed by atoms with van der Waals surface area (Å²) in [7, 11) is 0. The topological polar surface area (TPSA) is 9.23 Å². The maximum absolute atomic E-state index is 5.51. The predicted molar refractivity (Wildman–Crippen MR) is 41.3 cm³/mol. The van der Waals surface area contributed by atoms with Crippen molar-refractivity contribution in [3.63, 3.8) is 0 Å². The molecule has 0 fully saturated rings. The molecule has 0 aromatic heterocycles. The molecule has 0 amide bonds. The van der Waals surface area contributed by atoms with Crippen molar-refractivity contribution in [3.05, 3.63) is 11.6 Å². The van der Waals surface area contributed by atoms with E-state index >= 15 is 0 Å². The Labute approximate surface area is 69.5 Å². The van der Waals surface area contributed by atoms with E-state index in [2.05, 4.69) is 0 Å². The van der Waals surface area contributed by atoms with Crippen LogP contribution >= 0.6 is 34.8 Å². The highest BCUT2D eigenvalue weighted by atomic mass is 35.5. The monoisotopic (exact) mass is 188 g/mol. The molecule has 9 heavy (non-hydrogen) atoms. The van der Waals surface area contributed by atoms with Crippen molar-refractivity contribution in [2.24, 2.45) is 0 Å². The summed E-state index contributed by atoms with van der Waals surface area (Å²) in [5.41, 5.74) is 0.854. The molecule has 4 heteroatoms. The molecule has 0 spiro atoms. The van der Waals surface area contributed by atoms with Gasteiger partial charge < -0.3 is 4.74 Å². The third-order valence-electron chi connectivity index (χ3n) is 0.578. The zero-order chi connectivity index (χ0) is 7.11. The standard InChI is InChI=1S/C5H7Cl3O/c6-2-1-5(8)9-4-3-7/h1-2,5H,3-4H2/b2-1+. The van der Waals surface area contributed by atoms with Crippen LogP contribution in [0.1, 0.15) is 0 Å². The number of halogens is 3. The minimum absolute atomic E-state index is 0.441. The molecule has 1 nitrogen and oxygen atoms in total. The zero-order valence-corrected chi connectivity index (χ0v) is 6.96. The fourth-order valence-electron chi connectivity index (χ4n) is 0.270. The van der Waals surface area contributed by atoms with E-state index in [1.54, 1.807) is 0 Å². The van der Waals surface area contributed by atoms with Crippen LogP contribution in [0, 0.1) is 0 Å². The Morgan fingerprint density at radius 1 is 1.56 bits per heavy atom. The second-order valence-corrected chi connectivity index (χ2v) is 2.29. The predicted octanol–water partition coefficient (Wildman–Crippen LogP) is 2.56. The number of rotatable bonds is 4. The van der Waals surface area contributed by atoms with Crippen LogP contribution in [-0.4, -0.2) is 18.1 Å². The Bertz CT molecular complexity index is 84.3. The van der Waals surface area contributed by atoms with E-state index < -0.39 is 5.56 Å². The van der Waals surface area contributed by atoms with Gasteiger partial charge >= 0.3 is 0 Å². The maximum Gasteiger partial charge on any atom is 0.151 e. The fourth-order valence-corrected chi connectivity index (χ4v) is 0.727. The van der Waals surface area contributed by atoms with Crippen molar-refractivity contribution in [2.75, 3.05) is 12.5 Å². The van der Waals surface area contributed by atoms with Gasteiger partial charge in [-0.15, -0.1) is 11.6 Å². The Hall–Kier alpha value is 0.570. The molecular formula is C5H7Cl3O. The normalized spacial score (nSPS) is 14.6. The van der Waals surface area contributed by atoms with Gasteiger partial charge in [0.15, 0.2) is 5.56 Å². The molecule has 1 atom stereocenters. The minimum atomic E-state index is -0.457. The highest BCUT2D eigenvalue weighted by Gasteiger charge is 1.95. The van der Waals surface area contributed by atoms with Crippen molar-refractivity contribution >= 4 is 34.8 Å². The summed E-state index contributed by atoms with van der Waals surface area (Å²) in [4.78, 5) is 0. The molecule has 0 saturated carbocycles. The second-order valence-electron chi connectivity index (χ2n) is 1.23. The van der Waals surface area contributed by atoms with E-state index in [-0.39, 0.29) is 0 Å². The summed E-state index contributed by atoms with van der Waals surface area (Å²) in [6.07, 6.45) is 1.52. The molecule has 0 radical (unpaired) electrons. The molecule has 0 heterocycles. The third kappa shape index (κ3) is 6.46. The molecule has 1 unspecified atom stereocenters. The number of hydrogen-bond acceptors (Lipinski definition) is 1. The summed E-state index contributed by atoms with van der Waals surface area (Å²) in [5.74, 6) is 0.444. The lowest BCUT2D eigenvalue weighted by molar-refractivity contribution is 0.151. The largest absolute Gasteiger partial charge is 0.358 e. The van der Waals surface area contributed by atoms with Gasteiger partial charge in [-0.2, -0.15) is 0 Å². The highest BCUT2D eigenvalue weighted by Crippen LogP contribution is 2.00. The first kappa shape index (κ1) is 9.57. The molecular weight excluding hydrogens is 182 g/mol. The third-order valence-corrected chi connectivity index (χ3v) is 1.15. The molecule has 0 saturated heterocycles. The molecule has 0 aromatic rings. The summed E-state index contributed by atoms with van der Waals surface area (Å²) in [5, 5.41) is 0. The van der Waals surface area contributed by atoms with Crippen LogP contribution in [0.4, 0.5) is 0 Å². The van der Waals surface area contributed by atoms with Gasteiger partial charge in [-0.1, -0.05) is 23.2 Å². The van der Waals surface area contributed by atoms with Crippen LogP contribution in [-0.2, 0) is 4.74 Å². The first-order valence-electron chi connectivity index (χ1n) is 2.39. The van der Waals surface area contributed by atoms with Crippen LogP contribution in [0.15, 0.2) is 11.6 Å². The van der Waals surface area contributed by atoms with Crippen molar-refractivity contribution in [3.8, 4) is 0 Å². The van der Waals surface area contributed by atoms with Crippen LogP contribution in [0.2, 0.25) is 0 Å². The van der Waals surface area contributed by atoms with Crippen LogP contribution < -0.4 is 0 Å². The van der Waals surface area contributed by atoms with Crippen LogP contribution in [0.25, 0.3) is 0 Å². The lowest BCUT2D eigenvalue weighted by Crippen LogP contribution is -2.03. The average Bonchev–Trinajstić information content (AvgIpc) is 1.85. The number of alkyl halides is 2. The van der Waals surface area contributed by atoms with Gasteiger partial charge in [-0.25, -0.2) is 0 Å². The maximum atomic E-state index is 5.51. The van der Waals surface area contributed by atoms with Crippen molar-refractivity contribution in [2.45, 2.75) is 5.56 Å². The molecule has 54 valence electrons. The van der Waals surface area contributed by atoms with Crippen molar-refractivity contribution < 1.29 is 4.74 Å². The summed E-state index contributed by atoms with van der Waals surface area (Å²) >= 11 is 16.0. The molecule has 0 bridgehead atoms. The molecule has 0 aliphatic rings. The van der Waals surface area contributed by atoms with Gasteiger partial charge in [0.1, 0.15) is 0 Å². The Morgan fingerprint density at radius 3 is 2.67 bits per heavy atom. The Morgan fingerprint density at radius 2 is 2.22 bits per heavy atom. The van der Waals surface area contributed by atoms with Crippen molar-refractivity contribution in [1.29, 1.82) is 0 Å². The van der Waals surface area contributed by atoms with Gasteiger partial charge in [-0.05, 0) is 6.08 Å². The summed E-state index contributed by atoms with van der Waals surface area (Å²) in [6.45, 7) is 0.441. The smallest absolute Gasteiger partial charge is 0.151 e. The Kier molecular flexibility index (Phi) is 7.11. The highest BCUT2D eigenvalue weighted by molar-refractivity contribution is 6.26. The van der Waals surface area contributed by atoms with Crippen LogP contribution in [0.5, 0.6) is 0 Å². The van der Waals surface area contributed by atoms with E-state index in [0.29, 0.717) is 12.5 Å². The fraction of sp³-hybridized carbons (Fsp3) is 0.600. The molecule has 0 aliphatic heterocycles. The van der Waals surface area contributed by atoms with Gasteiger partial charge in [-0.3, -0.25) is 0 Å². The summed E-state index contributed by atoms with van der Waals surface area (Å²) in [6, 6.07) is 0. The minimum Gasteiger partial charge on any atom is -0.358 e. The van der Waals surface area contributed by atoms with Crippen LogP contribution in [0.3, 0.4) is 0 Å². The van der Waals surface area contributed by atoms with E-state index in [9.17, 15) is 0 Å². The van der Waals surface area contributed by atoms with E-state index in [1.807, 2.05) is 0 Å². The molecule has 0 aliphatic carbocycles. The van der Waals surface area contributed by atoms with E-state index in [4.69, 9.17) is 39.5 Å².